The van der Waals surface area contributed by atoms with Gasteiger partial charge in [0.2, 0.25) is 0 Å². The summed E-state index contributed by atoms with van der Waals surface area (Å²) in [4.78, 5) is 42.4. The fourth-order valence-electron chi connectivity index (χ4n) is 4.26. The van der Waals surface area contributed by atoms with Gasteiger partial charge in [-0.2, -0.15) is 0 Å². The van der Waals surface area contributed by atoms with Crippen LogP contribution in [-0.2, 0) is 9.53 Å². The number of carbonyl (C=O) groups is 3. The fourth-order valence-corrected chi connectivity index (χ4v) is 4.26. The van der Waals surface area contributed by atoms with Crippen molar-refractivity contribution in [2.45, 2.75) is 57.5 Å². The lowest BCUT2D eigenvalue weighted by Gasteiger charge is -2.27. The van der Waals surface area contributed by atoms with Crippen molar-refractivity contribution in [3.8, 4) is 0 Å². The third-order valence-electron chi connectivity index (χ3n) is 5.26. The fraction of sp³-hybridized carbons (Fsp3) is 0.812. The molecule has 0 aliphatic carbocycles. The molecule has 0 aromatic rings. The molecule has 3 rings (SSSR count). The van der Waals surface area contributed by atoms with Crippen molar-refractivity contribution in [2.75, 3.05) is 26.2 Å². The Morgan fingerprint density at radius 2 is 2.09 bits per heavy atom. The largest absolute Gasteiger partial charge is 0.450 e. The summed E-state index contributed by atoms with van der Waals surface area (Å²) in [5.41, 5.74) is -0.622. The number of nitrogens with zero attached hydrogens (tertiary/aromatic N) is 3. The van der Waals surface area contributed by atoms with Crippen LogP contribution in [0.25, 0.3) is 0 Å². The van der Waals surface area contributed by atoms with Crippen LogP contribution in [-0.4, -0.2) is 70.6 Å². The second-order valence-electron chi connectivity index (χ2n) is 6.58. The lowest BCUT2D eigenvalue weighted by molar-refractivity contribution is -0.134. The van der Waals surface area contributed by atoms with Crippen LogP contribution in [0.4, 0.5) is 9.59 Å². The third kappa shape index (κ3) is 2.37. The van der Waals surface area contributed by atoms with Crippen molar-refractivity contribution in [1.29, 1.82) is 0 Å². The lowest BCUT2D eigenvalue weighted by atomic mass is 9.90. The zero-order valence-electron chi connectivity index (χ0n) is 13.9. The molecule has 3 heterocycles. The van der Waals surface area contributed by atoms with Gasteiger partial charge in [-0.1, -0.05) is 13.3 Å². The SMILES string of the molecule is CCC[C@@]12CCCN1C(=O)N([C@H]1CCN(C(=O)OCC)C1)C2=O. The first-order chi connectivity index (χ1) is 11.0. The van der Waals surface area contributed by atoms with Crippen LogP contribution >= 0.6 is 0 Å². The molecule has 3 aliphatic rings. The molecule has 0 spiro atoms. The molecular formula is C16H25N3O4. The summed E-state index contributed by atoms with van der Waals surface area (Å²) in [6, 6.07) is -0.393. The zero-order valence-corrected chi connectivity index (χ0v) is 13.9. The molecule has 3 aliphatic heterocycles. The van der Waals surface area contributed by atoms with Gasteiger partial charge in [0, 0.05) is 19.6 Å². The Kier molecular flexibility index (Phi) is 4.21. The topological polar surface area (TPSA) is 70.2 Å². The molecule has 7 heteroatoms. The van der Waals surface area contributed by atoms with Gasteiger partial charge in [0.15, 0.2) is 0 Å². The van der Waals surface area contributed by atoms with Gasteiger partial charge in [-0.05, 0) is 32.6 Å². The van der Waals surface area contributed by atoms with E-state index in [-0.39, 0.29) is 24.1 Å². The first-order valence-corrected chi connectivity index (χ1v) is 8.62. The van der Waals surface area contributed by atoms with Gasteiger partial charge >= 0.3 is 12.1 Å². The van der Waals surface area contributed by atoms with E-state index in [0.717, 1.165) is 25.7 Å². The summed E-state index contributed by atoms with van der Waals surface area (Å²) in [5, 5.41) is 0. The molecule has 4 amide bonds. The van der Waals surface area contributed by atoms with Crippen molar-refractivity contribution in [3.63, 3.8) is 0 Å². The number of imide groups is 1. The summed E-state index contributed by atoms with van der Waals surface area (Å²) in [5.74, 6) is -0.0578. The van der Waals surface area contributed by atoms with Gasteiger partial charge in [0.05, 0.1) is 12.6 Å². The monoisotopic (exact) mass is 323 g/mol. The highest BCUT2D eigenvalue weighted by atomic mass is 16.6. The van der Waals surface area contributed by atoms with E-state index in [2.05, 4.69) is 0 Å². The molecular weight excluding hydrogens is 298 g/mol. The van der Waals surface area contributed by atoms with Crippen LogP contribution in [0.15, 0.2) is 0 Å². The number of urea groups is 1. The average Bonchev–Trinajstić information content (AvgIpc) is 3.19. The van der Waals surface area contributed by atoms with E-state index >= 15 is 0 Å². The Morgan fingerprint density at radius 1 is 1.30 bits per heavy atom. The van der Waals surface area contributed by atoms with E-state index in [1.165, 1.54) is 4.90 Å². The standard InChI is InChI=1S/C16H25N3O4/c1-3-7-16-8-5-9-18(16)14(21)19(13(16)20)12-6-10-17(11-12)15(22)23-4-2/h12H,3-11H2,1-2H3/t12-,16-/m0/s1. The van der Waals surface area contributed by atoms with E-state index in [9.17, 15) is 14.4 Å². The lowest BCUT2D eigenvalue weighted by Crippen LogP contribution is -2.47. The maximum Gasteiger partial charge on any atom is 0.409 e. The highest BCUT2D eigenvalue weighted by Crippen LogP contribution is 2.42. The number of ether oxygens (including phenoxy) is 1. The molecule has 3 fully saturated rings. The minimum atomic E-state index is -0.622. The molecule has 0 aromatic heterocycles. The number of fused-ring (bicyclic) bond motifs is 1. The van der Waals surface area contributed by atoms with E-state index in [0.29, 0.717) is 32.7 Å². The zero-order chi connectivity index (χ0) is 16.6. The minimum absolute atomic E-state index is 0.0578. The number of rotatable bonds is 4. The highest BCUT2D eigenvalue weighted by Gasteiger charge is 2.60. The molecule has 3 saturated heterocycles. The smallest absolute Gasteiger partial charge is 0.409 e. The summed E-state index contributed by atoms with van der Waals surface area (Å²) >= 11 is 0. The Labute approximate surface area is 136 Å². The molecule has 0 radical (unpaired) electrons. The molecule has 0 N–H and O–H groups in total. The van der Waals surface area contributed by atoms with Gasteiger partial charge in [-0.15, -0.1) is 0 Å². The van der Waals surface area contributed by atoms with Crippen LogP contribution in [0.1, 0.15) is 46.0 Å². The molecule has 7 nitrogen and oxygen atoms in total. The second-order valence-corrected chi connectivity index (χ2v) is 6.58. The summed E-state index contributed by atoms with van der Waals surface area (Å²) < 4.78 is 5.01. The van der Waals surface area contributed by atoms with Crippen LogP contribution in [0, 0.1) is 0 Å². The molecule has 128 valence electrons. The third-order valence-corrected chi connectivity index (χ3v) is 5.26. The van der Waals surface area contributed by atoms with E-state index < -0.39 is 5.54 Å². The molecule has 0 saturated carbocycles. The molecule has 23 heavy (non-hydrogen) atoms. The highest BCUT2D eigenvalue weighted by molar-refractivity contribution is 6.07. The Balaban J connectivity index is 1.76. The van der Waals surface area contributed by atoms with E-state index in [1.807, 2.05) is 6.92 Å². The number of likely N-dealkylation sites (tertiary alicyclic amines) is 1. The molecule has 0 unspecified atom stereocenters. The summed E-state index contributed by atoms with van der Waals surface area (Å²) in [7, 11) is 0. The number of hydrogen-bond acceptors (Lipinski definition) is 4. The van der Waals surface area contributed by atoms with Crippen molar-refractivity contribution >= 4 is 18.0 Å². The minimum Gasteiger partial charge on any atom is -0.450 e. The van der Waals surface area contributed by atoms with E-state index in [4.69, 9.17) is 4.74 Å². The molecule has 0 aromatic carbocycles. The Hall–Kier alpha value is -1.79. The van der Waals surface area contributed by atoms with Gasteiger partial charge in [-0.25, -0.2) is 9.59 Å². The van der Waals surface area contributed by atoms with Crippen LogP contribution in [0.5, 0.6) is 0 Å². The summed E-state index contributed by atoms with van der Waals surface area (Å²) in [6.07, 6.45) is 3.52. The van der Waals surface area contributed by atoms with Crippen molar-refractivity contribution < 1.29 is 19.1 Å². The quantitative estimate of drug-likeness (QED) is 0.740. The summed E-state index contributed by atoms with van der Waals surface area (Å²) in [6.45, 7) is 5.71. The first kappa shape index (κ1) is 16.1. The predicted octanol–water partition coefficient (Wildman–Crippen LogP) is 1.81. The second kappa shape index (κ2) is 6.02. The van der Waals surface area contributed by atoms with Gasteiger partial charge in [0.25, 0.3) is 5.91 Å². The Bertz CT molecular complexity index is 523. The molecule has 0 bridgehead atoms. The number of hydrogen-bond donors (Lipinski definition) is 0. The van der Waals surface area contributed by atoms with Crippen LogP contribution in [0.3, 0.4) is 0 Å². The van der Waals surface area contributed by atoms with Gasteiger partial charge in [-0.3, -0.25) is 9.69 Å². The number of carbonyl (C=O) groups excluding carboxylic acids is 3. The normalized spacial score (nSPS) is 30.3. The maximum atomic E-state index is 13.0. The van der Waals surface area contributed by atoms with Crippen LogP contribution in [0.2, 0.25) is 0 Å². The van der Waals surface area contributed by atoms with Crippen molar-refractivity contribution in [1.82, 2.24) is 14.7 Å². The van der Waals surface area contributed by atoms with Crippen molar-refractivity contribution in [2.24, 2.45) is 0 Å². The average molecular weight is 323 g/mol. The van der Waals surface area contributed by atoms with E-state index in [1.54, 1.807) is 16.7 Å². The van der Waals surface area contributed by atoms with Gasteiger partial charge in [0.1, 0.15) is 5.54 Å². The number of amides is 4. The van der Waals surface area contributed by atoms with Gasteiger partial charge < -0.3 is 14.5 Å². The van der Waals surface area contributed by atoms with Crippen molar-refractivity contribution in [3.05, 3.63) is 0 Å². The predicted molar refractivity (Wildman–Crippen MR) is 82.8 cm³/mol. The molecule has 2 atom stereocenters. The Morgan fingerprint density at radius 3 is 2.78 bits per heavy atom. The first-order valence-electron chi connectivity index (χ1n) is 8.62. The maximum absolute atomic E-state index is 13.0. The van der Waals surface area contributed by atoms with Crippen LogP contribution < -0.4 is 0 Å².